The first-order valence-corrected chi connectivity index (χ1v) is 13.2. The largest absolute Gasteiger partial charge is 0.382 e. The van der Waals surface area contributed by atoms with E-state index >= 15 is 0 Å². The van der Waals surface area contributed by atoms with Crippen LogP contribution in [-0.4, -0.2) is 77.6 Å². The third kappa shape index (κ3) is 7.31. The van der Waals surface area contributed by atoms with Gasteiger partial charge in [0, 0.05) is 26.1 Å². The Morgan fingerprint density at radius 2 is 1.98 bits per heavy atom. The summed E-state index contributed by atoms with van der Waals surface area (Å²) in [5.74, 6) is -7.92. The second kappa shape index (κ2) is 12.4. The van der Waals surface area contributed by atoms with Crippen LogP contribution in [0, 0.1) is 5.92 Å². The topological polar surface area (TPSA) is 139 Å². The molecule has 4 amide bonds. The molecule has 2 atom stereocenters. The molecule has 2 fully saturated rings. The number of nitrogens with zero attached hydrogens (tertiary/aromatic N) is 3. The van der Waals surface area contributed by atoms with Crippen molar-refractivity contribution < 1.29 is 41.2 Å². The van der Waals surface area contributed by atoms with Crippen LogP contribution < -0.4 is 16.0 Å². The monoisotopic (exact) mass is 584 g/mol. The van der Waals surface area contributed by atoms with Crippen molar-refractivity contribution in [1.29, 1.82) is 0 Å². The summed E-state index contributed by atoms with van der Waals surface area (Å²) in [5, 5.41) is 11.2. The number of hydrogen-bond acceptors (Lipinski definition) is 7. The number of aryl methyl sites for hydroxylation is 1. The summed E-state index contributed by atoms with van der Waals surface area (Å²) >= 11 is 0. The molecule has 1 saturated carbocycles. The van der Waals surface area contributed by atoms with Crippen LogP contribution in [0.5, 0.6) is 0 Å². The highest BCUT2D eigenvalue weighted by atomic mass is 19.3. The van der Waals surface area contributed by atoms with Crippen molar-refractivity contribution in [3.8, 4) is 0 Å². The highest BCUT2D eigenvalue weighted by Gasteiger charge is 2.43. The minimum absolute atomic E-state index is 0.00268. The Labute approximate surface area is 233 Å². The number of halogens is 4. The average molecular weight is 585 g/mol. The van der Waals surface area contributed by atoms with Gasteiger partial charge in [0.2, 0.25) is 11.8 Å². The van der Waals surface area contributed by atoms with Crippen LogP contribution in [0.25, 0.3) is 0 Å². The normalized spacial score (nSPS) is 20.1. The Kier molecular flexibility index (Phi) is 9.14. The molecule has 2 aliphatic rings. The molecule has 0 bridgehead atoms. The van der Waals surface area contributed by atoms with E-state index < -0.39 is 73.6 Å². The predicted octanol–water partition coefficient (Wildman–Crippen LogP) is 3.54. The maximum atomic E-state index is 14.1. The second-order valence-corrected chi connectivity index (χ2v) is 10.3. The lowest BCUT2D eigenvalue weighted by Gasteiger charge is -2.38. The number of ether oxygens (including phenoxy) is 1. The number of nitrogens with one attached hydrogen (secondary N) is 3. The molecule has 1 saturated heterocycles. The molecule has 11 nitrogen and oxygen atoms in total. The molecule has 224 valence electrons. The molecule has 0 spiro atoms. The fraction of sp³-hybridized carbons (Fsp3) is 0.577. The summed E-state index contributed by atoms with van der Waals surface area (Å²) in [5.41, 5.74) is 0.869. The van der Waals surface area contributed by atoms with Crippen molar-refractivity contribution in [2.75, 3.05) is 32.1 Å². The van der Waals surface area contributed by atoms with E-state index in [-0.39, 0.29) is 30.8 Å². The third-order valence-corrected chi connectivity index (χ3v) is 7.31. The molecule has 1 aliphatic heterocycles. The molecule has 0 aromatic carbocycles. The summed E-state index contributed by atoms with van der Waals surface area (Å²) in [7, 11) is 1.36. The second-order valence-electron chi connectivity index (χ2n) is 10.3. The van der Waals surface area contributed by atoms with Crippen molar-refractivity contribution in [3.05, 3.63) is 41.4 Å². The molecule has 3 heterocycles. The lowest BCUT2D eigenvalue weighted by atomic mass is 9.81. The SMILES string of the molecule is CCc1nocc1C(=O)N[C@@H](C(=O)Nc1cc([C@@H](COC)N2CC(F)(F)CNC2=O)ccn1)C1CCC(F)(F)CC1. The van der Waals surface area contributed by atoms with Crippen LogP contribution in [0.4, 0.5) is 28.2 Å². The Bertz CT molecular complexity index is 1250. The quantitative estimate of drug-likeness (QED) is 0.363. The van der Waals surface area contributed by atoms with Crippen molar-refractivity contribution in [1.82, 2.24) is 25.7 Å². The Morgan fingerprint density at radius 3 is 2.66 bits per heavy atom. The molecule has 15 heteroatoms. The molecule has 4 rings (SSSR count). The van der Waals surface area contributed by atoms with E-state index in [1.165, 1.54) is 25.4 Å². The van der Waals surface area contributed by atoms with Crippen LogP contribution in [0.1, 0.15) is 60.3 Å². The molecular weight excluding hydrogens is 552 g/mol. The number of carbonyl (C=O) groups is 3. The van der Waals surface area contributed by atoms with Gasteiger partial charge in [0.1, 0.15) is 23.7 Å². The molecular formula is C26H32F4N6O5. The van der Waals surface area contributed by atoms with Gasteiger partial charge in [-0.1, -0.05) is 12.1 Å². The van der Waals surface area contributed by atoms with E-state index in [2.05, 4.69) is 26.1 Å². The van der Waals surface area contributed by atoms with Crippen LogP contribution >= 0.6 is 0 Å². The van der Waals surface area contributed by atoms with Gasteiger partial charge in [-0.3, -0.25) is 9.59 Å². The number of amides is 4. The van der Waals surface area contributed by atoms with Gasteiger partial charge in [-0.25, -0.2) is 27.3 Å². The minimum Gasteiger partial charge on any atom is -0.382 e. The lowest BCUT2D eigenvalue weighted by Crippen LogP contribution is -2.58. The summed E-state index contributed by atoms with van der Waals surface area (Å²) < 4.78 is 66.0. The van der Waals surface area contributed by atoms with E-state index in [1.807, 2.05) is 0 Å². The first kappa shape index (κ1) is 30.2. The van der Waals surface area contributed by atoms with Gasteiger partial charge in [0.15, 0.2) is 0 Å². The number of urea groups is 1. The van der Waals surface area contributed by atoms with Crippen molar-refractivity contribution in [2.24, 2.45) is 5.92 Å². The van der Waals surface area contributed by atoms with E-state index in [1.54, 1.807) is 6.92 Å². The standard InChI is InChI=1S/C26H32F4N6O5/c1-3-18-17(11-41-35-18)22(37)34-21(15-4-7-25(27,28)8-5-15)23(38)33-20-10-16(6-9-31-20)19(12-40-2)36-14-26(29,30)13-32-24(36)39/h6,9-11,15,19,21H,3-5,7-8,12-14H2,1-2H3,(H,32,39)(H,34,37)(H,31,33,38)/t19-,21-/m1/s1. The number of rotatable bonds is 10. The first-order chi connectivity index (χ1) is 19.4. The minimum atomic E-state index is -3.16. The first-order valence-electron chi connectivity index (χ1n) is 13.2. The summed E-state index contributed by atoms with van der Waals surface area (Å²) in [4.78, 5) is 44.0. The predicted molar refractivity (Wildman–Crippen MR) is 137 cm³/mol. The fourth-order valence-corrected chi connectivity index (χ4v) is 5.10. The number of hydrogen-bond donors (Lipinski definition) is 3. The highest BCUT2D eigenvalue weighted by molar-refractivity contribution is 6.01. The molecule has 3 N–H and O–H groups in total. The van der Waals surface area contributed by atoms with Crippen LogP contribution in [0.3, 0.4) is 0 Å². The Morgan fingerprint density at radius 1 is 1.24 bits per heavy atom. The highest BCUT2D eigenvalue weighted by Crippen LogP contribution is 2.38. The smallest absolute Gasteiger partial charge is 0.318 e. The van der Waals surface area contributed by atoms with Gasteiger partial charge in [0.05, 0.1) is 31.4 Å². The maximum Gasteiger partial charge on any atom is 0.318 e. The fourth-order valence-electron chi connectivity index (χ4n) is 5.10. The number of alkyl halides is 4. The molecule has 0 radical (unpaired) electrons. The van der Waals surface area contributed by atoms with Crippen LogP contribution in [0.2, 0.25) is 0 Å². The zero-order chi connectivity index (χ0) is 29.8. The van der Waals surface area contributed by atoms with Crippen LogP contribution in [-0.2, 0) is 16.0 Å². The summed E-state index contributed by atoms with van der Waals surface area (Å²) in [6, 6.07) is 0.0921. The van der Waals surface area contributed by atoms with Gasteiger partial charge >= 0.3 is 6.03 Å². The van der Waals surface area contributed by atoms with E-state index in [9.17, 15) is 31.9 Å². The zero-order valence-corrected chi connectivity index (χ0v) is 22.6. The lowest BCUT2D eigenvalue weighted by molar-refractivity contribution is -0.121. The van der Waals surface area contributed by atoms with Gasteiger partial charge < -0.3 is 30.1 Å². The van der Waals surface area contributed by atoms with E-state index in [0.717, 1.165) is 11.2 Å². The number of carbonyl (C=O) groups excluding carboxylic acids is 3. The molecule has 2 aromatic rings. The van der Waals surface area contributed by atoms with Crippen LogP contribution in [0.15, 0.2) is 29.1 Å². The number of aromatic nitrogens is 2. The summed E-state index contributed by atoms with van der Waals surface area (Å²) in [6.07, 6.45) is 2.01. The number of pyridine rings is 1. The summed E-state index contributed by atoms with van der Waals surface area (Å²) in [6.45, 7) is 0.0367. The Hall–Kier alpha value is -3.75. The number of anilines is 1. The zero-order valence-electron chi connectivity index (χ0n) is 22.6. The van der Waals surface area contributed by atoms with Gasteiger partial charge in [0.25, 0.3) is 11.8 Å². The van der Waals surface area contributed by atoms with Crippen molar-refractivity contribution in [3.63, 3.8) is 0 Å². The van der Waals surface area contributed by atoms with E-state index in [4.69, 9.17) is 9.26 Å². The van der Waals surface area contributed by atoms with Crippen molar-refractivity contribution >= 4 is 23.7 Å². The molecule has 41 heavy (non-hydrogen) atoms. The van der Waals surface area contributed by atoms with Crippen molar-refractivity contribution in [2.45, 2.75) is 63.0 Å². The average Bonchev–Trinajstić information content (AvgIpc) is 3.41. The van der Waals surface area contributed by atoms with Gasteiger partial charge in [-0.15, -0.1) is 0 Å². The molecule has 0 unspecified atom stereocenters. The molecule has 1 aliphatic carbocycles. The number of methoxy groups -OCH3 is 1. The molecule has 2 aromatic heterocycles. The van der Waals surface area contributed by atoms with E-state index in [0.29, 0.717) is 17.7 Å². The Balaban J connectivity index is 1.56. The van der Waals surface area contributed by atoms with Gasteiger partial charge in [-0.05, 0) is 42.9 Å². The maximum absolute atomic E-state index is 14.1. The third-order valence-electron chi connectivity index (χ3n) is 7.31. The van der Waals surface area contributed by atoms with Gasteiger partial charge in [-0.2, -0.15) is 0 Å².